The summed E-state index contributed by atoms with van der Waals surface area (Å²) in [6.07, 6.45) is 41.8. The first-order valence-electron chi connectivity index (χ1n) is 17.5. The van der Waals surface area contributed by atoms with E-state index in [0.717, 1.165) is 83.5 Å². The fraction of sp³-hybridized carbons (Fsp3) is 0.784. The number of carboxylic acids is 1. The zero-order chi connectivity index (χ0) is 30.1. The highest BCUT2D eigenvalue weighted by molar-refractivity contribution is 5.69. The van der Waals surface area contributed by atoms with Gasteiger partial charge < -0.3 is 9.84 Å². The maximum absolute atomic E-state index is 12.5. The number of rotatable bonds is 31. The summed E-state index contributed by atoms with van der Waals surface area (Å²) in [4.78, 5) is 23.1. The van der Waals surface area contributed by atoms with Crippen LogP contribution in [0.1, 0.15) is 181 Å². The molecule has 0 aliphatic rings. The zero-order valence-corrected chi connectivity index (χ0v) is 27.1. The highest BCUT2D eigenvalue weighted by Crippen LogP contribution is 2.18. The number of unbranched alkanes of at least 4 members (excludes halogenated alkanes) is 16. The van der Waals surface area contributed by atoms with Crippen molar-refractivity contribution >= 4 is 11.9 Å². The van der Waals surface area contributed by atoms with Crippen LogP contribution >= 0.6 is 0 Å². The Morgan fingerprint density at radius 3 is 1.59 bits per heavy atom. The molecular formula is C37H66O4. The number of allylic oxidation sites excluding steroid dienone is 6. The van der Waals surface area contributed by atoms with Gasteiger partial charge in [-0.25, -0.2) is 0 Å². The molecule has 0 rings (SSSR count). The van der Waals surface area contributed by atoms with Gasteiger partial charge in [0, 0.05) is 12.8 Å². The van der Waals surface area contributed by atoms with Gasteiger partial charge in [-0.15, -0.1) is 0 Å². The van der Waals surface area contributed by atoms with Gasteiger partial charge in [0.1, 0.15) is 6.10 Å². The van der Waals surface area contributed by atoms with E-state index in [-0.39, 0.29) is 18.5 Å². The van der Waals surface area contributed by atoms with E-state index in [0.29, 0.717) is 6.42 Å². The van der Waals surface area contributed by atoms with Gasteiger partial charge in [0.05, 0.1) is 0 Å². The van der Waals surface area contributed by atoms with Crippen molar-refractivity contribution in [3.8, 4) is 0 Å². The molecule has 0 aliphatic heterocycles. The van der Waals surface area contributed by atoms with E-state index in [9.17, 15) is 9.59 Å². The van der Waals surface area contributed by atoms with Crippen LogP contribution in [0.3, 0.4) is 0 Å². The molecule has 0 aliphatic carbocycles. The monoisotopic (exact) mass is 574 g/mol. The maximum Gasteiger partial charge on any atom is 0.306 e. The molecule has 0 aromatic carbocycles. The third-order valence-corrected chi connectivity index (χ3v) is 7.63. The van der Waals surface area contributed by atoms with Crippen LogP contribution in [-0.4, -0.2) is 23.1 Å². The Bertz CT molecular complexity index is 664. The maximum atomic E-state index is 12.5. The Kier molecular flexibility index (Phi) is 31.2. The molecule has 41 heavy (non-hydrogen) atoms. The highest BCUT2D eigenvalue weighted by Gasteiger charge is 2.14. The predicted molar refractivity (Wildman–Crippen MR) is 176 cm³/mol. The van der Waals surface area contributed by atoms with Gasteiger partial charge in [-0.05, 0) is 70.6 Å². The lowest BCUT2D eigenvalue weighted by Crippen LogP contribution is -2.18. The minimum Gasteiger partial charge on any atom is -0.481 e. The van der Waals surface area contributed by atoms with Gasteiger partial charge in [-0.2, -0.15) is 0 Å². The Hall–Kier alpha value is -1.84. The number of carbonyl (C=O) groups excluding carboxylic acids is 1. The van der Waals surface area contributed by atoms with E-state index >= 15 is 0 Å². The molecule has 0 fully saturated rings. The van der Waals surface area contributed by atoms with Crippen molar-refractivity contribution in [3.63, 3.8) is 0 Å². The Labute approximate surface area is 254 Å². The topological polar surface area (TPSA) is 63.6 Å². The van der Waals surface area contributed by atoms with E-state index < -0.39 is 5.97 Å². The van der Waals surface area contributed by atoms with Crippen molar-refractivity contribution in [2.45, 2.75) is 187 Å². The molecule has 238 valence electrons. The predicted octanol–water partition coefficient (Wildman–Crippen LogP) is 11.8. The smallest absolute Gasteiger partial charge is 0.306 e. The molecule has 1 atom stereocenters. The number of hydrogen-bond acceptors (Lipinski definition) is 3. The Morgan fingerprint density at radius 2 is 1.02 bits per heavy atom. The largest absolute Gasteiger partial charge is 0.481 e. The van der Waals surface area contributed by atoms with E-state index in [1.807, 2.05) is 0 Å². The fourth-order valence-electron chi connectivity index (χ4n) is 5.08. The Balaban J connectivity index is 3.76. The van der Waals surface area contributed by atoms with Gasteiger partial charge in [-0.1, -0.05) is 134 Å². The number of ether oxygens (including phenoxy) is 1. The first kappa shape index (κ1) is 39.2. The Morgan fingerprint density at radius 1 is 0.561 bits per heavy atom. The van der Waals surface area contributed by atoms with E-state index in [1.54, 1.807) is 0 Å². The van der Waals surface area contributed by atoms with Crippen molar-refractivity contribution in [1.29, 1.82) is 0 Å². The summed E-state index contributed by atoms with van der Waals surface area (Å²) in [5.41, 5.74) is 0. The molecule has 0 saturated carbocycles. The van der Waals surface area contributed by atoms with Gasteiger partial charge in [-0.3, -0.25) is 9.59 Å². The van der Waals surface area contributed by atoms with Crippen molar-refractivity contribution < 1.29 is 19.4 Å². The average molecular weight is 575 g/mol. The molecule has 0 spiro atoms. The second-order valence-electron chi connectivity index (χ2n) is 11.7. The molecule has 4 heteroatoms. The first-order valence-corrected chi connectivity index (χ1v) is 17.5. The molecule has 1 unspecified atom stereocenters. The molecule has 0 amide bonds. The van der Waals surface area contributed by atoms with E-state index in [2.05, 4.69) is 50.3 Å². The molecule has 0 bridgehead atoms. The molecular weight excluding hydrogens is 508 g/mol. The van der Waals surface area contributed by atoms with Crippen LogP contribution in [-0.2, 0) is 14.3 Å². The molecule has 0 radical (unpaired) electrons. The number of hydrogen-bond donors (Lipinski definition) is 1. The SMILES string of the molecule is CC/C=C\C/C=C\C/C=C\CCCCCCCCCCCC(=O)OC(CCCCCC)CCCCCCCC(=O)O. The normalized spacial score (nSPS) is 12.6. The van der Waals surface area contributed by atoms with Crippen molar-refractivity contribution in [1.82, 2.24) is 0 Å². The first-order chi connectivity index (χ1) is 20.1. The summed E-state index contributed by atoms with van der Waals surface area (Å²) < 4.78 is 5.90. The second-order valence-corrected chi connectivity index (χ2v) is 11.7. The standard InChI is InChI=1S/C37H66O4/c1-3-5-7-9-10-11-12-13-14-15-16-17-18-19-20-21-22-26-30-34-37(40)41-35(31-27-8-6-4-2)32-28-24-23-25-29-33-36(38)39/h5,7,10-11,13-14,35H,3-4,6,8-9,12,15-34H2,1-2H3,(H,38,39)/b7-5-,11-10-,14-13-. The highest BCUT2D eigenvalue weighted by atomic mass is 16.5. The summed E-state index contributed by atoms with van der Waals surface area (Å²) in [5, 5.41) is 8.74. The second kappa shape index (κ2) is 32.7. The lowest BCUT2D eigenvalue weighted by Gasteiger charge is -2.18. The quantitative estimate of drug-likeness (QED) is 0.0508. The molecule has 0 heterocycles. The third-order valence-electron chi connectivity index (χ3n) is 7.63. The number of carbonyl (C=O) groups is 2. The summed E-state index contributed by atoms with van der Waals surface area (Å²) in [7, 11) is 0. The summed E-state index contributed by atoms with van der Waals surface area (Å²) >= 11 is 0. The number of carboxylic acid groups (broad SMARTS) is 1. The summed E-state index contributed by atoms with van der Waals surface area (Å²) in [6.45, 7) is 4.39. The van der Waals surface area contributed by atoms with Gasteiger partial charge in [0.2, 0.25) is 0 Å². The van der Waals surface area contributed by atoms with E-state index in [1.165, 1.54) is 70.6 Å². The minimum absolute atomic E-state index is 0.0128. The zero-order valence-electron chi connectivity index (χ0n) is 27.1. The van der Waals surface area contributed by atoms with Crippen LogP contribution in [0.5, 0.6) is 0 Å². The molecule has 1 N–H and O–H groups in total. The van der Waals surface area contributed by atoms with Crippen molar-refractivity contribution in [2.24, 2.45) is 0 Å². The number of aliphatic carboxylic acids is 1. The number of esters is 1. The van der Waals surface area contributed by atoms with E-state index in [4.69, 9.17) is 9.84 Å². The van der Waals surface area contributed by atoms with Crippen LogP contribution in [0.2, 0.25) is 0 Å². The summed E-state index contributed by atoms with van der Waals surface area (Å²) in [5.74, 6) is -0.717. The summed E-state index contributed by atoms with van der Waals surface area (Å²) in [6, 6.07) is 0. The van der Waals surface area contributed by atoms with Crippen molar-refractivity contribution in [2.75, 3.05) is 0 Å². The van der Waals surface area contributed by atoms with Crippen molar-refractivity contribution in [3.05, 3.63) is 36.5 Å². The lowest BCUT2D eigenvalue weighted by atomic mass is 10.0. The van der Waals surface area contributed by atoms with Crippen LogP contribution < -0.4 is 0 Å². The van der Waals surface area contributed by atoms with Gasteiger partial charge in [0.15, 0.2) is 0 Å². The fourth-order valence-corrected chi connectivity index (χ4v) is 5.08. The molecule has 4 nitrogen and oxygen atoms in total. The van der Waals surface area contributed by atoms with Gasteiger partial charge >= 0.3 is 11.9 Å². The average Bonchev–Trinajstić information content (AvgIpc) is 2.95. The van der Waals surface area contributed by atoms with Crippen LogP contribution in [0.15, 0.2) is 36.5 Å². The molecule has 0 aromatic heterocycles. The third kappa shape index (κ3) is 32.5. The lowest BCUT2D eigenvalue weighted by molar-refractivity contribution is -0.150. The van der Waals surface area contributed by atoms with Crippen LogP contribution in [0.4, 0.5) is 0 Å². The molecule has 0 aromatic rings. The molecule has 0 saturated heterocycles. The van der Waals surface area contributed by atoms with Crippen LogP contribution in [0, 0.1) is 0 Å². The minimum atomic E-state index is -0.704. The van der Waals surface area contributed by atoms with Crippen LogP contribution in [0.25, 0.3) is 0 Å². The van der Waals surface area contributed by atoms with Gasteiger partial charge in [0.25, 0.3) is 0 Å².